The van der Waals surface area contributed by atoms with Crippen LogP contribution in [0.3, 0.4) is 0 Å². The molecule has 0 heterocycles. The van der Waals surface area contributed by atoms with Gasteiger partial charge in [0.25, 0.3) is 0 Å². The van der Waals surface area contributed by atoms with E-state index in [0.717, 1.165) is 6.07 Å². The Morgan fingerprint density at radius 1 is 1.31 bits per heavy atom. The Balaban J connectivity index is 2.48. The van der Waals surface area contributed by atoms with Crippen molar-refractivity contribution in [2.75, 3.05) is 0 Å². The van der Waals surface area contributed by atoms with E-state index in [0.29, 0.717) is 17.3 Å². The lowest BCUT2D eigenvalue weighted by molar-refractivity contribution is -0.139. The highest BCUT2D eigenvalue weighted by atomic mass is 79.9. The molecule has 16 heavy (non-hydrogen) atoms. The number of ketones is 1. The molecule has 0 amide bonds. The maximum absolute atomic E-state index is 12.7. The molecule has 1 nitrogen and oxygen atoms in total. The molecule has 1 unspecified atom stereocenters. The molecule has 0 spiro atoms. The van der Waals surface area contributed by atoms with Crippen LogP contribution in [0.25, 0.3) is 0 Å². The van der Waals surface area contributed by atoms with Gasteiger partial charge in [0.15, 0.2) is 0 Å². The molecule has 1 fully saturated rings. The molecule has 1 atom stereocenters. The quantitative estimate of drug-likeness (QED) is 0.767. The first-order chi connectivity index (χ1) is 7.39. The highest BCUT2D eigenvalue weighted by Gasteiger charge is 2.39. The fourth-order valence-electron chi connectivity index (χ4n) is 1.81. The second kappa shape index (κ2) is 3.87. The Bertz CT molecular complexity index is 439. The summed E-state index contributed by atoms with van der Waals surface area (Å²) in [6.07, 6.45) is -3.50. The summed E-state index contributed by atoms with van der Waals surface area (Å²) in [7, 11) is 0. The lowest BCUT2D eigenvalue weighted by Gasteiger charge is -2.27. The number of benzene rings is 1. The van der Waals surface area contributed by atoms with Crippen molar-refractivity contribution in [2.24, 2.45) is 0 Å². The zero-order valence-electron chi connectivity index (χ0n) is 8.14. The van der Waals surface area contributed by atoms with Gasteiger partial charge in [0.1, 0.15) is 5.78 Å². The summed E-state index contributed by atoms with van der Waals surface area (Å²) in [4.78, 5) is 11.2. The van der Waals surface area contributed by atoms with Gasteiger partial charge < -0.3 is 0 Å². The number of Topliss-reactive ketones (excluding diaryl/α,β-unsaturated/α-hetero) is 1. The Morgan fingerprint density at radius 3 is 2.44 bits per heavy atom. The third kappa shape index (κ3) is 2.00. The fourth-order valence-corrected chi connectivity index (χ4v) is 2.17. The van der Waals surface area contributed by atoms with Gasteiger partial charge in [-0.3, -0.25) is 4.79 Å². The third-order valence-electron chi connectivity index (χ3n) is 2.76. The van der Waals surface area contributed by atoms with Gasteiger partial charge in [-0.2, -0.15) is 13.2 Å². The van der Waals surface area contributed by atoms with E-state index in [4.69, 9.17) is 0 Å². The summed E-state index contributed by atoms with van der Waals surface area (Å²) in [5.74, 6) is -0.669. The van der Waals surface area contributed by atoms with Gasteiger partial charge in [0.05, 0.1) is 5.56 Å². The molecule has 2 rings (SSSR count). The first-order valence-electron chi connectivity index (χ1n) is 4.79. The summed E-state index contributed by atoms with van der Waals surface area (Å²) < 4.78 is 38.6. The van der Waals surface area contributed by atoms with E-state index in [2.05, 4.69) is 15.9 Å². The van der Waals surface area contributed by atoms with Crippen molar-refractivity contribution >= 4 is 21.7 Å². The van der Waals surface area contributed by atoms with Gasteiger partial charge in [-0.1, -0.05) is 22.0 Å². The number of carbonyl (C=O) groups excluding carboxylic acids is 1. The van der Waals surface area contributed by atoms with Crippen LogP contribution in [0.1, 0.15) is 29.9 Å². The fraction of sp³-hybridized carbons (Fsp3) is 0.364. The first kappa shape index (κ1) is 11.6. The molecule has 0 bridgehead atoms. The SMILES string of the molecule is O=C1CCC1c1ccc(Br)cc1C(F)(F)F. The van der Waals surface area contributed by atoms with E-state index in [1.54, 1.807) is 0 Å². The monoisotopic (exact) mass is 292 g/mol. The van der Waals surface area contributed by atoms with Gasteiger partial charge in [-0.15, -0.1) is 0 Å². The van der Waals surface area contributed by atoms with E-state index in [-0.39, 0.29) is 11.3 Å². The molecule has 1 aliphatic rings. The summed E-state index contributed by atoms with van der Waals surface area (Å²) >= 11 is 3.01. The van der Waals surface area contributed by atoms with Crippen LogP contribution in [-0.2, 0) is 11.0 Å². The van der Waals surface area contributed by atoms with Crippen molar-refractivity contribution in [1.29, 1.82) is 0 Å². The second-order valence-electron chi connectivity index (χ2n) is 3.79. The number of alkyl halides is 3. The molecule has 86 valence electrons. The van der Waals surface area contributed by atoms with Crippen molar-refractivity contribution in [2.45, 2.75) is 24.9 Å². The lowest BCUT2D eigenvalue weighted by atomic mass is 9.77. The molecule has 0 aliphatic heterocycles. The average molecular weight is 293 g/mol. The lowest BCUT2D eigenvalue weighted by Crippen LogP contribution is -2.26. The molecule has 0 saturated heterocycles. The van der Waals surface area contributed by atoms with Crippen LogP contribution < -0.4 is 0 Å². The first-order valence-corrected chi connectivity index (χ1v) is 5.58. The van der Waals surface area contributed by atoms with Gasteiger partial charge >= 0.3 is 6.18 Å². The van der Waals surface area contributed by atoms with Gasteiger partial charge in [-0.25, -0.2) is 0 Å². The topological polar surface area (TPSA) is 17.1 Å². The van der Waals surface area contributed by atoms with Crippen molar-refractivity contribution < 1.29 is 18.0 Å². The van der Waals surface area contributed by atoms with Crippen molar-refractivity contribution in [1.82, 2.24) is 0 Å². The predicted octanol–water partition coefficient (Wildman–Crippen LogP) is 3.91. The van der Waals surface area contributed by atoms with Gasteiger partial charge in [0.2, 0.25) is 0 Å². The summed E-state index contributed by atoms with van der Waals surface area (Å²) in [5, 5.41) is 0. The third-order valence-corrected chi connectivity index (χ3v) is 3.26. The molecule has 5 heteroatoms. The zero-order chi connectivity index (χ0) is 11.9. The number of rotatable bonds is 1. The van der Waals surface area contributed by atoms with Crippen LogP contribution in [-0.4, -0.2) is 5.78 Å². The highest BCUT2D eigenvalue weighted by molar-refractivity contribution is 9.10. The largest absolute Gasteiger partial charge is 0.416 e. The number of hydrogen-bond acceptors (Lipinski definition) is 1. The Labute approximate surface area is 98.8 Å². The predicted molar refractivity (Wildman–Crippen MR) is 56.1 cm³/mol. The summed E-state index contributed by atoms with van der Waals surface area (Å²) in [6, 6.07) is 3.95. The van der Waals surface area contributed by atoms with Crippen LogP contribution in [0.4, 0.5) is 13.2 Å². The standard InChI is InChI=1S/C11H8BrF3O/c12-6-1-2-7(8-3-4-10(8)16)9(5-6)11(13,14)15/h1-2,5,8H,3-4H2. The normalized spacial score (nSPS) is 20.8. The van der Waals surface area contributed by atoms with E-state index in [9.17, 15) is 18.0 Å². The van der Waals surface area contributed by atoms with E-state index in [1.807, 2.05) is 0 Å². The van der Waals surface area contributed by atoms with Gasteiger partial charge in [0, 0.05) is 16.8 Å². The van der Waals surface area contributed by atoms with Crippen molar-refractivity contribution in [3.05, 3.63) is 33.8 Å². The maximum Gasteiger partial charge on any atom is 0.416 e. The summed E-state index contributed by atoms with van der Waals surface area (Å²) in [6.45, 7) is 0. The Morgan fingerprint density at radius 2 is 2.00 bits per heavy atom. The van der Waals surface area contributed by atoms with Crippen LogP contribution in [0.2, 0.25) is 0 Å². The summed E-state index contributed by atoms with van der Waals surface area (Å²) in [5.41, 5.74) is -0.605. The van der Waals surface area contributed by atoms with Crippen LogP contribution in [0, 0.1) is 0 Å². The highest BCUT2D eigenvalue weighted by Crippen LogP contribution is 2.42. The molecule has 0 aromatic heterocycles. The minimum Gasteiger partial charge on any atom is -0.299 e. The van der Waals surface area contributed by atoms with Crippen LogP contribution in [0.5, 0.6) is 0 Å². The molecule has 0 radical (unpaired) electrons. The number of halogens is 4. The average Bonchev–Trinajstić information content (AvgIpc) is 2.17. The smallest absolute Gasteiger partial charge is 0.299 e. The molecule has 1 aromatic rings. The zero-order valence-corrected chi connectivity index (χ0v) is 9.73. The minimum atomic E-state index is -4.41. The molecular weight excluding hydrogens is 285 g/mol. The molecule has 1 aliphatic carbocycles. The van der Waals surface area contributed by atoms with Gasteiger partial charge in [-0.05, 0) is 24.1 Å². The van der Waals surface area contributed by atoms with Crippen molar-refractivity contribution in [3.8, 4) is 0 Å². The second-order valence-corrected chi connectivity index (χ2v) is 4.70. The van der Waals surface area contributed by atoms with Crippen molar-refractivity contribution in [3.63, 3.8) is 0 Å². The van der Waals surface area contributed by atoms with Crippen LogP contribution >= 0.6 is 15.9 Å². The minimum absolute atomic E-state index is 0.104. The van der Waals surface area contributed by atoms with E-state index >= 15 is 0 Å². The molecule has 1 saturated carbocycles. The molecule has 1 aromatic carbocycles. The maximum atomic E-state index is 12.7. The van der Waals surface area contributed by atoms with Crippen LogP contribution in [0.15, 0.2) is 22.7 Å². The molecular formula is C11H8BrF3O. The van der Waals surface area contributed by atoms with E-state index < -0.39 is 17.7 Å². The number of carbonyl (C=O) groups is 1. The number of hydrogen-bond donors (Lipinski definition) is 0. The van der Waals surface area contributed by atoms with E-state index in [1.165, 1.54) is 12.1 Å². The Hall–Kier alpha value is -0.840. The Kier molecular flexibility index (Phi) is 2.82. The molecule has 0 N–H and O–H groups in total.